The third-order valence-corrected chi connectivity index (χ3v) is 3.89. The highest BCUT2D eigenvalue weighted by Crippen LogP contribution is 2.21. The minimum atomic E-state index is 0.612. The second-order valence-corrected chi connectivity index (χ2v) is 5.62. The number of nitrogens with one attached hydrogen (secondary N) is 1. The summed E-state index contributed by atoms with van der Waals surface area (Å²) in [6, 6.07) is 0. The van der Waals surface area contributed by atoms with Gasteiger partial charge in [-0.15, -0.1) is 11.3 Å². The van der Waals surface area contributed by atoms with Gasteiger partial charge in [0.05, 0.1) is 5.69 Å². The lowest BCUT2D eigenvalue weighted by molar-refractivity contribution is 0.539. The molecule has 4 nitrogen and oxygen atoms in total. The summed E-state index contributed by atoms with van der Waals surface area (Å²) in [5, 5.41) is 10.8. The first-order valence-corrected chi connectivity index (χ1v) is 7.11. The van der Waals surface area contributed by atoms with E-state index in [1.807, 2.05) is 23.3 Å². The van der Waals surface area contributed by atoms with E-state index in [1.54, 1.807) is 11.3 Å². The van der Waals surface area contributed by atoms with E-state index in [1.165, 1.54) is 11.3 Å². The number of thiazole rings is 1. The Morgan fingerprint density at radius 1 is 1.44 bits per heavy atom. The molecule has 0 radical (unpaired) electrons. The maximum absolute atomic E-state index is 4.61. The zero-order valence-electron chi connectivity index (χ0n) is 11.4. The highest BCUT2D eigenvalue weighted by atomic mass is 32.1. The average Bonchev–Trinajstić information content (AvgIpc) is 2.93. The van der Waals surface area contributed by atoms with Crippen LogP contribution in [0.2, 0.25) is 0 Å². The van der Waals surface area contributed by atoms with Gasteiger partial charge in [0.1, 0.15) is 0 Å². The molecule has 0 aromatic carbocycles. The van der Waals surface area contributed by atoms with E-state index >= 15 is 0 Å². The van der Waals surface area contributed by atoms with Gasteiger partial charge in [-0.1, -0.05) is 6.92 Å². The molecule has 2 rings (SSSR count). The predicted molar refractivity (Wildman–Crippen MR) is 75.5 cm³/mol. The van der Waals surface area contributed by atoms with Crippen LogP contribution < -0.4 is 5.32 Å². The van der Waals surface area contributed by atoms with Gasteiger partial charge in [0.2, 0.25) is 5.13 Å². The molecule has 98 valence electrons. The van der Waals surface area contributed by atoms with Crippen molar-refractivity contribution >= 4 is 11.3 Å². The summed E-state index contributed by atoms with van der Waals surface area (Å²) in [5.74, 6) is 0.612. The lowest BCUT2D eigenvalue weighted by Crippen LogP contribution is -2.18. The first kappa shape index (κ1) is 13.2. The number of nitrogens with zero attached hydrogens (tertiary/aromatic N) is 3. The van der Waals surface area contributed by atoms with E-state index in [2.05, 4.69) is 36.2 Å². The number of aryl methyl sites for hydroxylation is 1. The fourth-order valence-corrected chi connectivity index (χ4v) is 2.89. The van der Waals surface area contributed by atoms with Crippen molar-refractivity contribution in [3.05, 3.63) is 28.5 Å². The molecule has 0 saturated carbocycles. The molecule has 5 heteroatoms. The van der Waals surface area contributed by atoms with Crippen LogP contribution in [0.3, 0.4) is 0 Å². The van der Waals surface area contributed by atoms with E-state index in [0.29, 0.717) is 5.92 Å². The highest BCUT2D eigenvalue weighted by molar-refractivity contribution is 7.12. The summed E-state index contributed by atoms with van der Waals surface area (Å²) in [6.45, 7) is 7.50. The molecule has 0 bridgehead atoms. The molecule has 2 heterocycles. The molecule has 0 saturated heterocycles. The molecule has 2 aromatic heterocycles. The van der Waals surface area contributed by atoms with Crippen LogP contribution in [0.15, 0.2) is 11.6 Å². The Hall–Kier alpha value is -1.20. The van der Waals surface area contributed by atoms with Gasteiger partial charge in [0.15, 0.2) is 0 Å². The van der Waals surface area contributed by atoms with E-state index in [9.17, 15) is 0 Å². The van der Waals surface area contributed by atoms with Gasteiger partial charge in [-0.05, 0) is 45.3 Å². The zero-order valence-corrected chi connectivity index (χ0v) is 12.2. The molecule has 2 aromatic rings. The molecule has 0 aliphatic rings. The highest BCUT2D eigenvalue weighted by Gasteiger charge is 2.16. The number of rotatable bonds is 5. The topological polar surface area (TPSA) is 42.7 Å². The van der Waals surface area contributed by atoms with Crippen LogP contribution in [0.25, 0.3) is 5.13 Å². The monoisotopic (exact) mass is 264 g/mol. The van der Waals surface area contributed by atoms with Crippen LogP contribution in [0.4, 0.5) is 0 Å². The molecular weight excluding hydrogens is 244 g/mol. The molecule has 0 spiro atoms. The third-order valence-electron chi connectivity index (χ3n) is 3.15. The number of hydrogen-bond donors (Lipinski definition) is 1. The van der Waals surface area contributed by atoms with E-state index in [0.717, 1.165) is 23.8 Å². The van der Waals surface area contributed by atoms with Crippen molar-refractivity contribution in [2.45, 2.75) is 27.2 Å². The van der Waals surface area contributed by atoms with E-state index < -0.39 is 0 Å². The average molecular weight is 264 g/mol. The van der Waals surface area contributed by atoms with Crippen LogP contribution in [0.1, 0.15) is 23.9 Å². The van der Waals surface area contributed by atoms with Crippen molar-refractivity contribution in [2.24, 2.45) is 5.92 Å². The second kappa shape index (κ2) is 5.63. The maximum Gasteiger partial charge on any atom is 0.210 e. The zero-order chi connectivity index (χ0) is 13.1. The Bertz CT molecular complexity index is 501. The molecule has 1 atom stereocenters. The fourth-order valence-electron chi connectivity index (χ4n) is 2.25. The van der Waals surface area contributed by atoms with Gasteiger partial charge in [-0.2, -0.15) is 5.10 Å². The first-order valence-electron chi connectivity index (χ1n) is 6.23. The van der Waals surface area contributed by atoms with Crippen molar-refractivity contribution < 1.29 is 0 Å². The van der Waals surface area contributed by atoms with E-state index in [4.69, 9.17) is 0 Å². The van der Waals surface area contributed by atoms with Gasteiger partial charge in [0, 0.05) is 17.3 Å². The minimum Gasteiger partial charge on any atom is -0.319 e. The van der Waals surface area contributed by atoms with Crippen LogP contribution >= 0.6 is 11.3 Å². The van der Waals surface area contributed by atoms with Gasteiger partial charge in [-0.25, -0.2) is 9.67 Å². The first-order chi connectivity index (χ1) is 8.63. The Morgan fingerprint density at radius 2 is 2.22 bits per heavy atom. The summed E-state index contributed by atoms with van der Waals surface area (Å²) >= 11 is 1.62. The summed E-state index contributed by atoms with van der Waals surface area (Å²) in [5.41, 5.74) is 3.68. The lowest BCUT2D eigenvalue weighted by Gasteiger charge is -2.10. The number of aromatic nitrogens is 3. The normalized spacial score (nSPS) is 12.9. The van der Waals surface area contributed by atoms with Crippen molar-refractivity contribution in [3.8, 4) is 5.13 Å². The maximum atomic E-state index is 4.61. The van der Waals surface area contributed by atoms with Crippen molar-refractivity contribution in [3.63, 3.8) is 0 Å². The van der Waals surface area contributed by atoms with E-state index in [-0.39, 0.29) is 0 Å². The third kappa shape index (κ3) is 2.62. The molecule has 18 heavy (non-hydrogen) atoms. The number of hydrogen-bond acceptors (Lipinski definition) is 4. The smallest absolute Gasteiger partial charge is 0.210 e. The molecular formula is C13H20N4S. The summed E-state index contributed by atoms with van der Waals surface area (Å²) < 4.78 is 1.96. The Morgan fingerprint density at radius 3 is 2.83 bits per heavy atom. The summed E-state index contributed by atoms with van der Waals surface area (Å²) in [4.78, 5) is 4.32. The lowest BCUT2D eigenvalue weighted by atomic mass is 10.00. The molecule has 0 fully saturated rings. The van der Waals surface area contributed by atoms with Crippen molar-refractivity contribution in [1.29, 1.82) is 0 Å². The van der Waals surface area contributed by atoms with Crippen molar-refractivity contribution in [2.75, 3.05) is 13.6 Å². The Balaban J connectivity index is 2.27. The SMILES string of the molecule is CNCC(C)Cc1c(C)nn(-c2nccs2)c1C. The van der Waals surface area contributed by atoms with Crippen LogP contribution in [0, 0.1) is 19.8 Å². The summed E-state index contributed by atoms with van der Waals surface area (Å²) in [6.07, 6.45) is 2.88. The second-order valence-electron chi connectivity index (χ2n) is 4.74. The van der Waals surface area contributed by atoms with Gasteiger partial charge < -0.3 is 5.32 Å². The molecule has 1 N–H and O–H groups in total. The molecule has 0 amide bonds. The molecule has 1 unspecified atom stereocenters. The fraction of sp³-hybridized carbons (Fsp3) is 0.538. The minimum absolute atomic E-state index is 0.612. The van der Waals surface area contributed by atoms with Gasteiger partial charge in [-0.3, -0.25) is 0 Å². The Kier molecular flexibility index (Phi) is 4.14. The van der Waals surface area contributed by atoms with Crippen LogP contribution in [0.5, 0.6) is 0 Å². The standard InChI is InChI=1S/C13H20N4S/c1-9(8-14-4)7-12-10(2)16-17(11(12)3)13-15-5-6-18-13/h5-6,9,14H,7-8H2,1-4H3. The Labute approximate surface area is 112 Å². The van der Waals surface area contributed by atoms with Crippen LogP contribution in [-0.2, 0) is 6.42 Å². The van der Waals surface area contributed by atoms with Gasteiger partial charge in [0.25, 0.3) is 0 Å². The predicted octanol–water partition coefficient (Wildman–Crippen LogP) is 2.34. The molecule has 0 aliphatic heterocycles. The van der Waals surface area contributed by atoms with Crippen molar-refractivity contribution in [1.82, 2.24) is 20.1 Å². The van der Waals surface area contributed by atoms with Gasteiger partial charge >= 0.3 is 0 Å². The summed E-state index contributed by atoms with van der Waals surface area (Å²) in [7, 11) is 2.00. The van der Waals surface area contributed by atoms with Crippen LogP contribution in [-0.4, -0.2) is 28.4 Å². The largest absolute Gasteiger partial charge is 0.319 e. The molecule has 0 aliphatic carbocycles. The quantitative estimate of drug-likeness (QED) is 0.901.